The number of hydrogen-bond donors (Lipinski definition) is 2. The summed E-state index contributed by atoms with van der Waals surface area (Å²) in [6.45, 7) is -1.58. The van der Waals surface area contributed by atoms with Crippen molar-refractivity contribution in [2.45, 2.75) is 37.4 Å². The number of aromatic nitrogens is 1. The minimum Gasteiger partial charge on any atom is -0.484 e. The number of aliphatic hydroxyl groups is 2. The van der Waals surface area contributed by atoms with Crippen molar-refractivity contribution in [3.8, 4) is 5.75 Å². The molecule has 1 fully saturated rings. The van der Waals surface area contributed by atoms with Crippen LogP contribution in [0.4, 0.5) is 17.6 Å². The van der Waals surface area contributed by atoms with Gasteiger partial charge in [0.25, 0.3) is 0 Å². The van der Waals surface area contributed by atoms with Gasteiger partial charge in [0, 0.05) is 17.8 Å². The molecule has 0 unspecified atom stereocenters. The highest BCUT2D eigenvalue weighted by Crippen LogP contribution is 2.48. The maximum atomic E-state index is 14.3. The number of rotatable bonds is 4. The molecule has 0 atom stereocenters. The molecule has 0 spiro atoms. The zero-order valence-electron chi connectivity index (χ0n) is 10.3. The van der Waals surface area contributed by atoms with E-state index in [0.29, 0.717) is 6.42 Å². The van der Waals surface area contributed by atoms with E-state index in [-0.39, 0.29) is 29.8 Å². The van der Waals surface area contributed by atoms with Crippen LogP contribution < -0.4 is 4.74 Å². The third-order valence-corrected chi connectivity index (χ3v) is 3.17. The molecular weight excluding hydrogens is 282 g/mol. The molecule has 0 aromatic carbocycles. The highest BCUT2D eigenvalue weighted by Gasteiger charge is 2.42. The van der Waals surface area contributed by atoms with Gasteiger partial charge in [-0.05, 0) is 19.3 Å². The van der Waals surface area contributed by atoms with E-state index in [0.717, 1.165) is 12.3 Å². The first kappa shape index (κ1) is 15.0. The standard InChI is InChI=1S/C12H13F4NO3/c13-11(2-1-3-11)7-5-17-8(10(18)19)4-9(7)20-6-12(14,15)16/h4-5,10,18-19H,1-3,6H2. The van der Waals surface area contributed by atoms with Crippen molar-refractivity contribution in [2.75, 3.05) is 6.61 Å². The largest absolute Gasteiger partial charge is 0.484 e. The van der Waals surface area contributed by atoms with Gasteiger partial charge in [-0.3, -0.25) is 4.98 Å². The van der Waals surface area contributed by atoms with E-state index in [4.69, 9.17) is 10.2 Å². The molecule has 1 aromatic rings. The lowest BCUT2D eigenvalue weighted by Crippen LogP contribution is -2.30. The second-order valence-electron chi connectivity index (χ2n) is 4.70. The summed E-state index contributed by atoms with van der Waals surface area (Å²) in [6.07, 6.45) is -4.55. The van der Waals surface area contributed by atoms with Crippen molar-refractivity contribution in [1.29, 1.82) is 0 Å². The predicted octanol–water partition coefficient (Wildman–Crippen LogP) is 2.35. The Hall–Kier alpha value is -1.41. The number of hydrogen-bond acceptors (Lipinski definition) is 4. The molecule has 112 valence electrons. The van der Waals surface area contributed by atoms with Crippen LogP contribution >= 0.6 is 0 Å². The lowest BCUT2D eigenvalue weighted by molar-refractivity contribution is -0.154. The lowest BCUT2D eigenvalue weighted by atomic mass is 9.77. The molecule has 0 bridgehead atoms. The average Bonchev–Trinajstić information content (AvgIpc) is 2.32. The summed E-state index contributed by atoms with van der Waals surface area (Å²) < 4.78 is 55.5. The molecule has 0 amide bonds. The van der Waals surface area contributed by atoms with Crippen LogP contribution in [0.25, 0.3) is 0 Å². The highest BCUT2D eigenvalue weighted by atomic mass is 19.4. The second kappa shape index (κ2) is 5.17. The topological polar surface area (TPSA) is 62.6 Å². The van der Waals surface area contributed by atoms with Crippen molar-refractivity contribution >= 4 is 0 Å². The van der Waals surface area contributed by atoms with Gasteiger partial charge in [-0.15, -0.1) is 0 Å². The van der Waals surface area contributed by atoms with Gasteiger partial charge in [0.2, 0.25) is 0 Å². The Bertz CT molecular complexity index is 486. The van der Waals surface area contributed by atoms with Crippen LogP contribution in [-0.2, 0) is 5.67 Å². The third kappa shape index (κ3) is 3.18. The smallest absolute Gasteiger partial charge is 0.422 e. The van der Waals surface area contributed by atoms with Crippen LogP contribution in [0, 0.1) is 0 Å². The van der Waals surface area contributed by atoms with Crippen molar-refractivity contribution in [1.82, 2.24) is 4.98 Å². The summed E-state index contributed by atoms with van der Waals surface area (Å²) in [6, 6.07) is 0.922. The molecular formula is C12H13F4NO3. The van der Waals surface area contributed by atoms with Crippen LogP contribution in [0.3, 0.4) is 0 Å². The van der Waals surface area contributed by atoms with Crippen LogP contribution in [0.5, 0.6) is 5.75 Å². The molecule has 1 heterocycles. The molecule has 4 nitrogen and oxygen atoms in total. The first-order valence-electron chi connectivity index (χ1n) is 5.96. The number of nitrogens with zero attached hydrogens (tertiary/aromatic N) is 1. The van der Waals surface area contributed by atoms with E-state index in [1.807, 2.05) is 0 Å². The summed E-state index contributed by atoms with van der Waals surface area (Å²) in [5, 5.41) is 17.9. The summed E-state index contributed by atoms with van der Waals surface area (Å²) in [4.78, 5) is 3.63. The van der Waals surface area contributed by atoms with E-state index in [1.54, 1.807) is 0 Å². The number of aliphatic hydroxyl groups excluding tert-OH is 1. The van der Waals surface area contributed by atoms with Crippen LogP contribution in [-0.4, -0.2) is 28.0 Å². The van der Waals surface area contributed by atoms with Gasteiger partial charge in [0.05, 0.1) is 5.69 Å². The Morgan fingerprint density at radius 1 is 1.35 bits per heavy atom. The minimum absolute atomic E-state index is 0.0857. The Labute approximate surface area is 112 Å². The maximum Gasteiger partial charge on any atom is 0.422 e. The van der Waals surface area contributed by atoms with Crippen molar-refractivity contribution in [2.24, 2.45) is 0 Å². The van der Waals surface area contributed by atoms with E-state index >= 15 is 0 Å². The lowest BCUT2D eigenvalue weighted by Gasteiger charge is -2.35. The third-order valence-electron chi connectivity index (χ3n) is 3.17. The van der Waals surface area contributed by atoms with Gasteiger partial charge in [0.15, 0.2) is 12.9 Å². The summed E-state index contributed by atoms with van der Waals surface area (Å²) in [7, 11) is 0. The van der Waals surface area contributed by atoms with Gasteiger partial charge in [0.1, 0.15) is 11.4 Å². The van der Waals surface area contributed by atoms with Gasteiger partial charge < -0.3 is 14.9 Å². The van der Waals surface area contributed by atoms with Crippen LogP contribution in [0.2, 0.25) is 0 Å². The zero-order chi connectivity index (χ0) is 15.0. The average molecular weight is 295 g/mol. The molecule has 0 aliphatic heterocycles. The molecule has 8 heteroatoms. The van der Waals surface area contributed by atoms with Gasteiger partial charge in [-0.2, -0.15) is 13.2 Å². The van der Waals surface area contributed by atoms with Gasteiger partial charge in [-0.25, -0.2) is 4.39 Å². The molecule has 1 aliphatic carbocycles. The number of alkyl halides is 4. The van der Waals surface area contributed by atoms with E-state index in [1.165, 1.54) is 0 Å². The molecule has 20 heavy (non-hydrogen) atoms. The fourth-order valence-electron chi connectivity index (χ4n) is 1.97. The van der Waals surface area contributed by atoms with E-state index in [9.17, 15) is 17.6 Å². The maximum absolute atomic E-state index is 14.3. The SMILES string of the molecule is OC(O)c1cc(OCC(F)(F)F)c(C2(F)CCC2)cn1. The number of pyridine rings is 1. The number of halogens is 4. The molecule has 2 N–H and O–H groups in total. The van der Waals surface area contributed by atoms with Crippen LogP contribution in [0.1, 0.15) is 36.8 Å². The Balaban J connectivity index is 2.30. The monoisotopic (exact) mass is 295 g/mol. The summed E-state index contributed by atoms with van der Waals surface area (Å²) in [5.41, 5.74) is -2.14. The first-order chi connectivity index (χ1) is 9.21. The second-order valence-corrected chi connectivity index (χ2v) is 4.70. The number of ether oxygens (including phenoxy) is 1. The van der Waals surface area contributed by atoms with Crippen molar-refractivity contribution in [3.63, 3.8) is 0 Å². The molecule has 0 radical (unpaired) electrons. The van der Waals surface area contributed by atoms with Crippen molar-refractivity contribution < 1.29 is 32.5 Å². The van der Waals surface area contributed by atoms with E-state index < -0.39 is 24.7 Å². The van der Waals surface area contributed by atoms with Gasteiger partial charge in [-0.1, -0.05) is 0 Å². The van der Waals surface area contributed by atoms with E-state index in [2.05, 4.69) is 9.72 Å². The van der Waals surface area contributed by atoms with Gasteiger partial charge >= 0.3 is 6.18 Å². The highest BCUT2D eigenvalue weighted by molar-refractivity contribution is 5.39. The summed E-state index contributed by atoms with van der Waals surface area (Å²) >= 11 is 0. The molecule has 0 saturated heterocycles. The first-order valence-corrected chi connectivity index (χ1v) is 5.96. The quantitative estimate of drug-likeness (QED) is 0.661. The predicted molar refractivity (Wildman–Crippen MR) is 59.6 cm³/mol. The Morgan fingerprint density at radius 3 is 2.45 bits per heavy atom. The fraction of sp³-hybridized carbons (Fsp3) is 0.583. The normalized spacial score (nSPS) is 17.9. The molecule has 1 aliphatic rings. The Morgan fingerprint density at radius 2 is 2.00 bits per heavy atom. The van der Waals surface area contributed by atoms with Crippen molar-refractivity contribution in [3.05, 3.63) is 23.5 Å². The fourth-order valence-corrected chi connectivity index (χ4v) is 1.97. The molecule has 1 saturated carbocycles. The Kier molecular flexibility index (Phi) is 3.88. The van der Waals surface area contributed by atoms with Crippen LogP contribution in [0.15, 0.2) is 12.3 Å². The molecule has 1 aromatic heterocycles. The summed E-state index contributed by atoms with van der Waals surface area (Å²) in [5.74, 6) is -0.359. The zero-order valence-corrected chi connectivity index (χ0v) is 10.3. The minimum atomic E-state index is -4.57. The molecule has 2 rings (SSSR count).